The average Bonchev–Trinajstić information content (AvgIpc) is 2.73. The average molecular weight is 405 g/mol. The Kier molecular flexibility index (Phi) is 6.89. The van der Waals surface area contributed by atoms with Gasteiger partial charge in [-0.3, -0.25) is 4.79 Å². The first-order valence-corrected chi connectivity index (χ1v) is 9.20. The molecule has 3 rings (SSSR count). The van der Waals surface area contributed by atoms with Gasteiger partial charge in [0, 0.05) is 5.69 Å². The molecule has 2 N–H and O–H groups in total. The summed E-state index contributed by atoms with van der Waals surface area (Å²) in [6.07, 6.45) is 1.47. The number of esters is 1. The van der Waals surface area contributed by atoms with Gasteiger partial charge >= 0.3 is 5.97 Å². The summed E-state index contributed by atoms with van der Waals surface area (Å²) < 4.78 is 18.4. The van der Waals surface area contributed by atoms with Crippen molar-refractivity contribution in [3.63, 3.8) is 0 Å². The van der Waals surface area contributed by atoms with Gasteiger partial charge in [-0.15, -0.1) is 0 Å². The first kappa shape index (κ1) is 20.7. The van der Waals surface area contributed by atoms with Gasteiger partial charge in [-0.05, 0) is 72.6 Å². The summed E-state index contributed by atoms with van der Waals surface area (Å²) in [5.41, 5.74) is 5.22. The Morgan fingerprint density at radius 2 is 1.80 bits per heavy atom. The number of carbonyl (C=O) groups is 2. The maximum absolute atomic E-state index is 13.2. The van der Waals surface area contributed by atoms with E-state index in [-0.39, 0.29) is 18.0 Å². The van der Waals surface area contributed by atoms with E-state index in [0.29, 0.717) is 11.3 Å². The molecule has 0 radical (unpaired) electrons. The van der Waals surface area contributed by atoms with E-state index in [1.807, 2.05) is 31.2 Å². The van der Waals surface area contributed by atoms with Crippen LogP contribution in [-0.4, -0.2) is 24.6 Å². The van der Waals surface area contributed by atoms with Crippen LogP contribution in [0.2, 0.25) is 0 Å². The zero-order chi connectivity index (χ0) is 21.3. The number of nitrogens with zero attached hydrogens (tertiary/aromatic N) is 1. The van der Waals surface area contributed by atoms with E-state index in [9.17, 15) is 14.0 Å². The van der Waals surface area contributed by atoms with E-state index in [0.717, 1.165) is 17.3 Å². The summed E-state index contributed by atoms with van der Waals surface area (Å²) in [5.74, 6) is -1.13. The lowest BCUT2D eigenvalue weighted by Gasteiger charge is -2.06. The molecule has 0 spiro atoms. The van der Waals surface area contributed by atoms with Crippen LogP contribution in [0.4, 0.5) is 10.1 Å². The standard InChI is InChI=1S/C23H20FN3O3/c1-16-4-2-7-20(12-16)25-15-22(28)27-26-14-17-8-10-21(11-9-17)30-23(29)18-5-3-6-19(24)13-18/h2-14,25H,15H2,1H3,(H,27,28). The Labute approximate surface area is 173 Å². The van der Waals surface area contributed by atoms with Crippen molar-refractivity contribution in [1.29, 1.82) is 0 Å². The number of halogens is 1. The summed E-state index contributed by atoms with van der Waals surface area (Å²) in [6, 6.07) is 19.5. The summed E-state index contributed by atoms with van der Waals surface area (Å²) in [4.78, 5) is 23.9. The number of hydrazone groups is 1. The third-order valence-electron chi connectivity index (χ3n) is 4.02. The van der Waals surface area contributed by atoms with Gasteiger partial charge < -0.3 is 10.1 Å². The number of nitrogens with one attached hydrogen (secondary N) is 2. The fourth-order valence-corrected chi connectivity index (χ4v) is 2.56. The molecule has 0 fully saturated rings. The van der Waals surface area contributed by atoms with Gasteiger partial charge in [0.15, 0.2) is 0 Å². The lowest BCUT2D eigenvalue weighted by atomic mass is 10.2. The molecule has 0 saturated heterocycles. The molecule has 0 unspecified atom stereocenters. The fraction of sp³-hybridized carbons (Fsp3) is 0.0870. The Balaban J connectivity index is 1.47. The molecule has 0 aliphatic rings. The molecular weight excluding hydrogens is 385 g/mol. The van der Waals surface area contributed by atoms with Crippen molar-refractivity contribution in [3.05, 3.63) is 95.3 Å². The summed E-state index contributed by atoms with van der Waals surface area (Å²) in [6.45, 7) is 2.07. The quantitative estimate of drug-likeness (QED) is 0.270. The lowest BCUT2D eigenvalue weighted by Crippen LogP contribution is -2.25. The van der Waals surface area contributed by atoms with Crippen LogP contribution < -0.4 is 15.5 Å². The van der Waals surface area contributed by atoms with Crippen LogP contribution in [0.3, 0.4) is 0 Å². The molecule has 0 aliphatic heterocycles. The van der Waals surface area contributed by atoms with Crippen LogP contribution in [0.1, 0.15) is 21.5 Å². The zero-order valence-corrected chi connectivity index (χ0v) is 16.3. The Bertz CT molecular complexity index is 1070. The van der Waals surface area contributed by atoms with Gasteiger partial charge in [0.1, 0.15) is 11.6 Å². The lowest BCUT2D eigenvalue weighted by molar-refractivity contribution is -0.119. The number of benzene rings is 3. The van der Waals surface area contributed by atoms with Gasteiger partial charge in [0.2, 0.25) is 0 Å². The molecule has 3 aromatic rings. The van der Waals surface area contributed by atoms with Crippen molar-refractivity contribution in [2.45, 2.75) is 6.92 Å². The van der Waals surface area contributed by atoms with Crippen LogP contribution in [-0.2, 0) is 4.79 Å². The summed E-state index contributed by atoms with van der Waals surface area (Å²) in [7, 11) is 0. The van der Waals surface area contributed by atoms with Crippen molar-refractivity contribution >= 4 is 23.8 Å². The van der Waals surface area contributed by atoms with Gasteiger partial charge in [0.25, 0.3) is 5.91 Å². The minimum Gasteiger partial charge on any atom is -0.423 e. The highest BCUT2D eigenvalue weighted by Gasteiger charge is 2.09. The topological polar surface area (TPSA) is 79.8 Å². The molecule has 0 aliphatic carbocycles. The van der Waals surface area contributed by atoms with Crippen molar-refractivity contribution < 1.29 is 18.7 Å². The minimum absolute atomic E-state index is 0.0930. The van der Waals surface area contributed by atoms with Crippen LogP contribution in [0.5, 0.6) is 5.75 Å². The van der Waals surface area contributed by atoms with E-state index in [4.69, 9.17) is 4.74 Å². The van der Waals surface area contributed by atoms with Crippen molar-refractivity contribution in [2.24, 2.45) is 5.10 Å². The number of ether oxygens (including phenoxy) is 1. The molecule has 0 saturated carbocycles. The van der Waals surface area contributed by atoms with Gasteiger partial charge in [-0.2, -0.15) is 5.10 Å². The smallest absolute Gasteiger partial charge is 0.343 e. The molecular formula is C23H20FN3O3. The van der Waals surface area contributed by atoms with E-state index >= 15 is 0 Å². The minimum atomic E-state index is -0.649. The molecule has 3 aromatic carbocycles. The second kappa shape index (κ2) is 9.97. The molecule has 6 nitrogen and oxygen atoms in total. The molecule has 0 heterocycles. The van der Waals surface area contributed by atoms with E-state index in [1.54, 1.807) is 24.3 Å². The molecule has 0 atom stereocenters. The highest BCUT2D eigenvalue weighted by molar-refractivity contribution is 5.91. The number of amides is 1. The highest BCUT2D eigenvalue weighted by atomic mass is 19.1. The molecule has 152 valence electrons. The number of hydrogen-bond acceptors (Lipinski definition) is 5. The first-order chi connectivity index (χ1) is 14.5. The largest absolute Gasteiger partial charge is 0.423 e. The number of anilines is 1. The molecule has 30 heavy (non-hydrogen) atoms. The number of rotatable bonds is 7. The van der Waals surface area contributed by atoms with Crippen molar-refractivity contribution in [2.75, 3.05) is 11.9 Å². The molecule has 1 amide bonds. The molecule has 0 aromatic heterocycles. The van der Waals surface area contributed by atoms with Gasteiger partial charge in [-0.1, -0.05) is 18.2 Å². The van der Waals surface area contributed by atoms with Gasteiger partial charge in [0.05, 0.1) is 18.3 Å². The van der Waals surface area contributed by atoms with Crippen LogP contribution >= 0.6 is 0 Å². The Hall–Kier alpha value is -4.00. The second-order valence-corrected chi connectivity index (χ2v) is 6.49. The zero-order valence-electron chi connectivity index (χ0n) is 16.3. The van der Waals surface area contributed by atoms with Gasteiger partial charge in [-0.25, -0.2) is 14.6 Å². The second-order valence-electron chi connectivity index (χ2n) is 6.49. The summed E-state index contributed by atoms with van der Waals surface area (Å²) >= 11 is 0. The number of hydrogen-bond donors (Lipinski definition) is 2. The predicted molar refractivity (Wildman–Crippen MR) is 113 cm³/mol. The first-order valence-electron chi connectivity index (χ1n) is 9.20. The highest BCUT2D eigenvalue weighted by Crippen LogP contribution is 2.14. The SMILES string of the molecule is Cc1cccc(NCC(=O)NN=Cc2ccc(OC(=O)c3cccc(F)c3)cc2)c1. The number of carbonyl (C=O) groups excluding carboxylic acids is 2. The maximum atomic E-state index is 13.2. The number of aryl methyl sites for hydroxylation is 1. The third-order valence-corrected chi connectivity index (χ3v) is 4.02. The summed E-state index contributed by atoms with van der Waals surface area (Å²) in [5, 5.41) is 6.92. The van der Waals surface area contributed by atoms with E-state index in [1.165, 1.54) is 24.4 Å². The Morgan fingerprint density at radius 3 is 2.53 bits per heavy atom. The van der Waals surface area contributed by atoms with Crippen LogP contribution in [0.25, 0.3) is 0 Å². The fourth-order valence-electron chi connectivity index (χ4n) is 2.56. The third kappa shape index (κ3) is 6.27. The van der Waals surface area contributed by atoms with Crippen molar-refractivity contribution in [3.8, 4) is 5.75 Å². The molecule has 7 heteroatoms. The Morgan fingerprint density at radius 1 is 1.03 bits per heavy atom. The van der Waals surface area contributed by atoms with E-state index < -0.39 is 11.8 Å². The molecule has 0 bridgehead atoms. The maximum Gasteiger partial charge on any atom is 0.343 e. The normalized spacial score (nSPS) is 10.6. The van der Waals surface area contributed by atoms with E-state index in [2.05, 4.69) is 15.8 Å². The van der Waals surface area contributed by atoms with Crippen LogP contribution in [0.15, 0.2) is 77.9 Å². The van der Waals surface area contributed by atoms with Crippen LogP contribution in [0, 0.1) is 12.7 Å². The van der Waals surface area contributed by atoms with Crippen molar-refractivity contribution in [1.82, 2.24) is 5.43 Å². The monoisotopic (exact) mass is 405 g/mol. The predicted octanol–water partition coefficient (Wildman–Crippen LogP) is 3.92.